The zero-order valence-corrected chi connectivity index (χ0v) is 20.0. The second kappa shape index (κ2) is 9.06. The van der Waals surface area contributed by atoms with Crippen LogP contribution in [0.5, 0.6) is 11.5 Å². The zero-order valence-electron chi connectivity index (χ0n) is 19.2. The maximum absolute atomic E-state index is 5.49. The molecular weight excluding hydrogens is 450 g/mol. The van der Waals surface area contributed by atoms with Crippen molar-refractivity contribution in [3.8, 4) is 33.3 Å². The quantitative estimate of drug-likeness (QED) is 0.338. The number of benzene rings is 2. The minimum atomic E-state index is 0.0154. The van der Waals surface area contributed by atoms with E-state index in [1.54, 1.807) is 25.6 Å². The van der Waals surface area contributed by atoms with Crippen LogP contribution >= 0.6 is 11.3 Å². The molecule has 34 heavy (non-hydrogen) atoms. The lowest BCUT2D eigenvalue weighted by molar-refractivity contribution is 0.356. The number of methoxy groups -OCH3 is 2. The van der Waals surface area contributed by atoms with E-state index in [1.165, 1.54) is 4.88 Å². The summed E-state index contributed by atoms with van der Waals surface area (Å²) in [5.41, 5.74) is 2.79. The highest BCUT2D eigenvalue weighted by molar-refractivity contribution is 7.15. The van der Waals surface area contributed by atoms with Gasteiger partial charge in [0.25, 0.3) is 0 Å². The van der Waals surface area contributed by atoms with Crippen molar-refractivity contribution < 1.29 is 9.47 Å². The first-order valence-corrected chi connectivity index (χ1v) is 11.5. The van der Waals surface area contributed by atoms with E-state index in [4.69, 9.17) is 9.47 Å². The Morgan fingerprint density at radius 3 is 2.47 bits per heavy atom. The van der Waals surface area contributed by atoms with E-state index in [0.29, 0.717) is 23.1 Å². The van der Waals surface area contributed by atoms with E-state index in [0.717, 1.165) is 32.7 Å². The van der Waals surface area contributed by atoms with Crippen molar-refractivity contribution in [2.24, 2.45) is 0 Å². The molecule has 2 aromatic carbocycles. The van der Waals surface area contributed by atoms with Crippen molar-refractivity contribution in [2.45, 2.75) is 19.9 Å². The first-order chi connectivity index (χ1) is 16.6. The SMILES string of the molecule is COc1cc2nc(C)nc(NC(C)c3ccc(-c4ccccc4-c4nn[nH]n4)s3)c2cc1OC. The highest BCUT2D eigenvalue weighted by atomic mass is 32.1. The number of ether oxygens (including phenoxy) is 2. The number of thiophene rings is 1. The summed E-state index contributed by atoms with van der Waals surface area (Å²) in [7, 11) is 3.23. The normalized spacial score (nSPS) is 12.0. The van der Waals surface area contributed by atoms with Gasteiger partial charge in [-0.05, 0) is 37.3 Å². The number of H-pyrrole nitrogens is 1. The number of hydrogen-bond acceptors (Lipinski definition) is 9. The summed E-state index contributed by atoms with van der Waals surface area (Å²) in [5, 5.41) is 18.9. The minimum Gasteiger partial charge on any atom is -0.493 e. The first kappa shape index (κ1) is 21.8. The molecule has 5 aromatic rings. The van der Waals surface area contributed by atoms with Gasteiger partial charge in [0, 0.05) is 32.3 Å². The molecular formula is C24H23N7O2S. The van der Waals surface area contributed by atoms with Crippen LogP contribution in [0.3, 0.4) is 0 Å². The molecule has 0 bridgehead atoms. The maximum Gasteiger partial charge on any atom is 0.205 e. The van der Waals surface area contributed by atoms with Gasteiger partial charge in [0.05, 0.1) is 25.8 Å². The Balaban J connectivity index is 1.48. The average molecular weight is 474 g/mol. The summed E-state index contributed by atoms with van der Waals surface area (Å²) in [6.07, 6.45) is 0. The molecule has 0 amide bonds. The van der Waals surface area contributed by atoms with Gasteiger partial charge in [-0.2, -0.15) is 5.21 Å². The van der Waals surface area contributed by atoms with Crippen LogP contribution in [0.25, 0.3) is 32.7 Å². The van der Waals surface area contributed by atoms with E-state index in [-0.39, 0.29) is 6.04 Å². The number of fused-ring (bicyclic) bond motifs is 1. The lowest BCUT2D eigenvalue weighted by Gasteiger charge is -2.16. The number of hydrogen-bond donors (Lipinski definition) is 2. The summed E-state index contributed by atoms with van der Waals surface area (Å²) in [4.78, 5) is 11.5. The van der Waals surface area contributed by atoms with E-state index in [9.17, 15) is 0 Å². The third kappa shape index (κ3) is 4.03. The van der Waals surface area contributed by atoms with Crippen LogP contribution in [0.1, 0.15) is 23.7 Å². The highest BCUT2D eigenvalue weighted by Gasteiger charge is 2.17. The van der Waals surface area contributed by atoms with Crippen molar-refractivity contribution in [3.05, 3.63) is 59.2 Å². The number of tetrazole rings is 1. The molecule has 172 valence electrons. The summed E-state index contributed by atoms with van der Waals surface area (Å²) < 4.78 is 10.9. The number of aromatic nitrogens is 6. The van der Waals surface area contributed by atoms with Crippen LogP contribution in [0.15, 0.2) is 48.5 Å². The molecule has 0 fully saturated rings. The molecule has 1 atom stereocenters. The molecule has 10 heteroatoms. The Morgan fingerprint density at radius 2 is 1.74 bits per heavy atom. The minimum absolute atomic E-state index is 0.0154. The van der Waals surface area contributed by atoms with Crippen molar-refractivity contribution >= 4 is 28.1 Å². The van der Waals surface area contributed by atoms with Crippen molar-refractivity contribution in [1.82, 2.24) is 30.6 Å². The Hall–Kier alpha value is -4.05. The summed E-state index contributed by atoms with van der Waals surface area (Å²) in [5.74, 6) is 3.27. The Bertz CT molecular complexity index is 1450. The van der Waals surface area contributed by atoms with Gasteiger partial charge in [0.1, 0.15) is 11.6 Å². The van der Waals surface area contributed by atoms with Gasteiger partial charge >= 0.3 is 0 Å². The second-order valence-electron chi connectivity index (χ2n) is 7.69. The fraction of sp³-hybridized carbons (Fsp3) is 0.208. The standard InChI is InChI=1S/C24H23N7O2S/c1-13(25-23-17-11-19(32-3)20(33-4)12-18(17)26-14(2)27-23)21-9-10-22(34-21)15-7-5-6-8-16(15)24-28-30-31-29-24/h5-13H,1-4H3,(H,25,26,27)(H,28,29,30,31). The average Bonchev–Trinajstić information content (AvgIpc) is 3.56. The molecule has 5 rings (SSSR count). The number of rotatable bonds is 7. The Morgan fingerprint density at radius 1 is 0.971 bits per heavy atom. The van der Waals surface area contributed by atoms with Crippen LogP contribution in [-0.2, 0) is 0 Å². The van der Waals surface area contributed by atoms with Crippen LogP contribution in [0, 0.1) is 6.92 Å². The lowest BCUT2D eigenvalue weighted by Crippen LogP contribution is -2.08. The molecule has 3 heterocycles. The Kier molecular flexibility index (Phi) is 5.81. The van der Waals surface area contributed by atoms with Crippen LogP contribution in [0.2, 0.25) is 0 Å². The number of aryl methyl sites for hydroxylation is 1. The van der Waals surface area contributed by atoms with Crippen LogP contribution in [-0.4, -0.2) is 44.8 Å². The zero-order chi connectivity index (χ0) is 23.7. The third-order valence-electron chi connectivity index (χ3n) is 5.50. The predicted octanol–water partition coefficient (Wildman–Crippen LogP) is 5.04. The summed E-state index contributed by atoms with van der Waals surface area (Å²) in [6, 6.07) is 16.1. The summed E-state index contributed by atoms with van der Waals surface area (Å²) in [6.45, 7) is 3.99. The van der Waals surface area contributed by atoms with Gasteiger partial charge in [-0.25, -0.2) is 9.97 Å². The molecule has 0 aliphatic carbocycles. The molecule has 0 saturated heterocycles. The number of nitrogens with zero attached hydrogens (tertiary/aromatic N) is 5. The van der Waals surface area contributed by atoms with Crippen molar-refractivity contribution in [3.63, 3.8) is 0 Å². The van der Waals surface area contributed by atoms with E-state index < -0.39 is 0 Å². The predicted molar refractivity (Wildman–Crippen MR) is 132 cm³/mol. The van der Waals surface area contributed by atoms with E-state index in [2.05, 4.69) is 61.0 Å². The molecule has 0 spiro atoms. The molecule has 0 aliphatic heterocycles. The third-order valence-corrected chi connectivity index (χ3v) is 6.80. The van der Waals surface area contributed by atoms with Crippen molar-refractivity contribution in [2.75, 3.05) is 19.5 Å². The topological polar surface area (TPSA) is 111 Å². The number of nitrogens with one attached hydrogen (secondary N) is 2. The molecule has 9 nitrogen and oxygen atoms in total. The van der Waals surface area contributed by atoms with E-state index >= 15 is 0 Å². The molecule has 1 unspecified atom stereocenters. The van der Waals surface area contributed by atoms with Gasteiger partial charge < -0.3 is 14.8 Å². The molecule has 0 saturated carbocycles. The van der Waals surface area contributed by atoms with Gasteiger partial charge in [0.15, 0.2) is 11.5 Å². The van der Waals surface area contributed by atoms with Gasteiger partial charge in [-0.3, -0.25) is 0 Å². The molecule has 2 N–H and O–H groups in total. The molecule has 3 aromatic heterocycles. The molecule has 0 aliphatic rings. The summed E-state index contributed by atoms with van der Waals surface area (Å²) >= 11 is 1.71. The van der Waals surface area contributed by atoms with Crippen LogP contribution < -0.4 is 14.8 Å². The lowest BCUT2D eigenvalue weighted by atomic mass is 10.1. The maximum atomic E-state index is 5.49. The highest BCUT2D eigenvalue weighted by Crippen LogP contribution is 2.38. The van der Waals surface area contributed by atoms with Gasteiger partial charge in [-0.1, -0.05) is 24.3 Å². The fourth-order valence-corrected chi connectivity index (χ4v) is 4.91. The largest absolute Gasteiger partial charge is 0.493 e. The van der Waals surface area contributed by atoms with Crippen molar-refractivity contribution in [1.29, 1.82) is 0 Å². The number of anilines is 1. The smallest absolute Gasteiger partial charge is 0.205 e. The van der Waals surface area contributed by atoms with Gasteiger partial charge in [-0.15, -0.1) is 21.5 Å². The van der Waals surface area contributed by atoms with Crippen LogP contribution in [0.4, 0.5) is 5.82 Å². The molecule has 0 radical (unpaired) electrons. The Labute approximate surface area is 200 Å². The first-order valence-electron chi connectivity index (χ1n) is 10.7. The second-order valence-corrected chi connectivity index (χ2v) is 8.81. The monoisotopic (exact) mass is 473 g/mol. The number of aromatic amines is 1. The van der Waals surface area contributed by atoms with E-state index in [1.807, 2.05) is 37.3 Å². The van der Waals surface area contributed by atoms with Gasteiger partial charge in [0.2, 0.25) is 5.82 Å². The fourth-order valence-electron chi connectivity index (χ4n) is 3.86.